The first-order chi connectivity index (χ1) is 15.1. The maximum atomic E-state index is 14.0. The minimum absolute atomic E-state index is 0.0290. The molecule has 1 aromatic carbocycles. The summed E-state index contributed by atoms with van der Waals surface area (Å²) in [6.45, 7) is 3.01. The fourth-order valence-corrected chi connectivity index (χ4v) is 5.40. The van der Waals surface area contributed by atoms with Gasteiger partial charge in [-0.1, -0.05) is 54.8 Å². The number of nitrogens with zero attached hydrogens (tertiary/aromatic N) is 5. The summed E-state index contributed by atoms with van der Waals surface area (Å²) in [5.41, 5.74) is 1.16. The molecule has 1 saturated carbocycles. The molecule has 0 spiro atoms. The van der Waals surface area contributed by atoms with Crippen LogP contribution >= 0.6 is 0 Å². The van der Waals surface area contributed by atoms with E-state index in [2.05, 4.69) is 37.3 Å². The second kappa shape index (κ2) is 7.90. The predicted octanol–water partition coefficient (Wildman–Crippen LogP) is 2.72. The molecule has 5 rings (SSSR count). The van der Waals surface area contributed by atoms with E-state index in [1.54, 1.807) is 11.6 Å². The number of fused-ring (bicyclic) bond motifs is 1. The van der Waals surface area contributed by atoms with Crippen LogP contribution in [0.1, 0.15) is 56.3 Å². The van der Waals surface area contributed by atoms with Crippen LogP contribution in [0.25, 0.3) is 11.2 Å². The van der Waals surface area contributed by atoms with Crippen molar-refractivity contribution in [2.45, 2.75) is 69.9 Å². The Hall–Kier alpha value is -3.03. The van der Waals surface area contributed by atoms with Gasteiger partial charge in [-0.05, 0) is 38.2 Å². The van der Waals surface area contributed by atoms with Crippen molar-refractivity contribution >= 4 is 17.1 Å². The highest BCUT2D eigenvalue weighted by molar-refractivity contribution is 5.89. The van der Waals surface area contributed by atoms with Crippen molar-refractivity contribution in [2.24, 2.45) is 0 Å². The van der Waals surface area contributed by atoms with Crippen LogP contribution in [0.4, 0.5) is 0 Å². The Kier molecular flexibility index (Phi) is 5.08. The molecule has 1 aliphatic carbocycles. The smallest absolute Gasteiger partial charge is 0.281 e. The summed E-state index contributed by atoms with van der Waals surface area (Å²) in [5.74, 6) is 0.776. The zero-order valence-electron chi connectivity index (χ0n) is 17.9. The lowest BCUT2D eigenvalue weighted by molar-refractivity contribution is -0.140. The van der Waals surface area contributed by atoms with Gasteiger partial charge in [-0.15, -0.1) is 5.10 Å². The first-order valence-electron chi connectivity index (χ1n) is 11.3. The van der Waals surface area contributed by atoms with Crippen LogP contribution in [-0.4, -0.2) is 48.4 Å². The number of hydrogen-bond donors (Lipinski definition) is 1. The Morgan fingerprint density at radius 1 is 1.16 bits per heavy atom. The van der Waals surface area contributed by atoms with E-state index in [1.165, 1.54) is 6.42 Å². The minimum atomic E-state index is -0.432. The van der Waals surface area contributed by atoms with Gasteiger partial charge in [-0.3, -0.25) is 9.59 Å². The highest BCUT2D eigenvalue weighted by atomic mass is 16.2. The molecule has 31 heavy (non-hydrogen) atoms. The number of carbonyl (C=O) groups excluding carboxylic acids is 1. The number of benzene rings is 1. The van der Waals surface area contributed by atoms with E-state index in [0.717, 1.165) is 50.6 Å². The highest BCUT2D eigenvalue weighted by Gasteiger charge is 2.46. The van der Waals surface area contributed by atoms with Crippen LogP contribution in [0.5, 0.6) is 0 Å². The van der Waals surface area contributed by atoms with Crippen molar-refractivity contribution < 1.29 is 4.79 Å². The molecule has 3 aromatic rings. The molecule has 3 heterocycles. The number of amides is 1. The highest BCUT2D eigenvalue weighted by Crippen LogP contribution is 2.42. The van der Waals surface area contributed by atoms with Gasteiger partial charge in [0.05, 0.1) is 18.0 Å². The summed E-state index contributed by atoms with van der Waals surface area (Å²) >= 11 is 0. The van der Waals surface area contributed by atoms with E-state index in [0.29, 0.717) is 18.0 Å². The van der Waals surface area contributed by atoms with E-state index >= 15 is 0 Å². The third-order valence-electron chi connectivity index (χ3n) is 6.96. The minimum Gasteiger partial charge on any atom is -0.337 e. The summed E-state index contributed by atoms with van der Waals surface area (Å²) in [5, 5.41) is 8.21. The number of nitrogens with one attached hydrogen (secondary N) is 1. The van der Waals surface area contributed by atoms with Crippen molar-refractivity contribution in [3.8, 4) is 0 Å². The quantitative estimate of drug-likeness (QED) is 0.700. The molecule has 1 N–H and O–H groups in total. The third kappa shape index (κ3) is 3.43. The van der Waals surface area contributed by atoms with Crippen molar-refractivity contribution in [1.82, 2.24) is 29.9 Å². The van der Waals surface area contributed by atoms with E-state index in [9.17, 15) is 9.59 Å². The number of rotatable bonds is 4. The summed E-state index contributed by atoms with van der Waals surface area (Å²) < 4.78 is 1.68. The van der Waals surface area contributed by atoms with Crippen LogP contribution < -0.4 is 5.56 Å². The van der Waals surface area contributed by atoms with Crippen LogP contribution in [0.15, 0.2) is 35.1 Å². The first-order valence-corrected chi connectivity index (χ1v) is 11.3. The molecule has 2 aliphatic rings. The zero-order valence-corrected chi connectivity index (χ0v) is 17.9. The Morgan fingerprint density at radius 2 is 1.94 bits per heavy atom. The number of likely N-dealkylation sites (tertiary alicyclic amines) is 1. The number of aromatic amines is 1. The van der Waals surface area contributed by atoms with Gasteiger partial charge in [-0.2, -0.15) is 0 Å². The second-order valence-corrected chi connectivity index (χ2v) is 8.90. The van der Waals surface area contributed by atoms with Gasteiger partial charge in [0, 0.05) is 6.54 Å². The van der Waals surface area contributed by atoms with E-state index in [-0.39, 0.29) is 23.0 Å². The fourth-order valence-electron chi connectivity index (χ4n) is 5.40. The Morgan fingerprint density at radius 3 is 2.71 bits per heavy atom. The van der Waals surface area contributed by atoms with Crippen molar-refractivity contribution in [3.05, 3.63) is 52.1 Å². The average Bonchev–Trinajstić information content (AvgIpc) is 3.42. The molecular weight excluding hydrogens is 392 g/mol. The molecule has 162 valence electrons. The number of H-pyrrole nitrogens is 1. The van der Waals surface area contributed by atoms with Crippen LogP contribution in [0.2, 0.25) is 0 Å². The van der Waals surface area contributed by atoms with Gasteiger partial charge in [0.2, 0.25) is 5.91 Å². The van der Waals surface area contributed by atoms with Crippen molar-refractivity contribution in [2.75, 3.05) is 6.54 Å². The lowest BCUT2D eigenvalue weighted by Gasteiger charge is -2.41. The molecule has 8 heteroatoms. The second-order valence-electron chi connectivity index (χ2n) is 8.90. The van der Waals surface area contributed by atoms with Gasteiger partial charge in [0.25, 0.3) is 5.56 Å². The van der Waals surface area contributed by atoms with Crippen LogP contribution in [0, 0.1) is 6.92 Å². The molecule has 8 nitrogen and oxygen atoms in total. The number of aromatic nitrogens is 5. The van der Waals surface area contributed by atoms with Gasteiger partial charge in [0.1, 0.15) is 5.82 Å². The number of aryl methyl sites for hydroxylation is 1. The van der Waals surface area contributed by atoms with E-state index in [1.807, 2.05) is 18.2 Å². The van der Waals surface area contributed by atoms with Gasteiger partial charge in [-0.25, -0.2) is 9.67 Å². The largest absolute Gasteiger partial charge is 0.337 e. The van der Waals surface area contributed by atoms with Gasteiger partial charge < -0.3 is 9.88 Å². The Bertz CT molecular complexity index is 1150. The van der Waals surface area contributed by atoms with Gasteiger partial charge in [0.15, 0.2) is 11.2 Å². The summed E-state index contributed by atoms with van der Waals surface area (Å²) in [7, 11) is 0. The number of hydrogen-bond acceptors (Lipinski definition) is 5. The van der Waals surface area contributed by atoms with E-state index in [4.69, 9.17) is 0 Å². The molecule has 2 aromatic heterocycles. The monoisotopic (exact) mass is 420 g/mol. The number of carbonyl (C=O) groups is 1. The molecule has 1 amide bonds. The Labute approximate surface area is 180 Å². The standard InChI is InChI=1S/C23H28N6O2/c1-16-24-20-19(21(30)25-16)26-27-29(20)15-18-11-8-14-28(18)22(31)23(12-6-3-7-13-23)17-9-4-2-5-10-17/h2,4-5,9-10,18H,3,6-8,11-15H2,1H3,(H,24,25,30)/t18-/m1/s1. The van der Waals surface area contributed by atoms with Crippen molar-refractivity contribution in [1.29, 1.82) is 0 Å². The average molecular weight is 421 g/mol. The van der Waals surface area contributed by atoms with Crippen molar-refractivity contribution in [3.63, 3.8) is 0 Å². The van der Waals surface area contributed by atoms with E-state index < -0.39 is 5.41 Å². The molecule has 2 fully saturated rings. The molecule has 1 atom stereocenters. The fraction of sp³-hybridized carbons (Fsp3) is 0.522. The zero-order chi connectivity index (χ0) is 21.4. The molecular formula is C23H28N6O2. The molecule has 0 bridgehead atoms. The lowest BCUT2D eigenvalue weighted by atomic mass is 9.68. The maximum Gasteiger partial charge on any atom is 0.281 e. The first kappa shape index (κ1) is 19.9. The maximum absolute atomic E-state index is 14.0. The third-order valence-corrected chi connectivity index (χ3v) is 6.96. The van der Waals surface area contributed by atoms with Crippen LogP contribution in [-0.2, 0) is 16.8 Å². The Balaban J connectivity index is 1.46. The summed E-state index contributed by atoms with van der Waals surface area (Å²) in [6, 6.07) is 10.3. The molecule has 0 unspecified atom stereocenters. The molecule has 0 radical (unpaired) electrons. The SMILES string of the molecule is Cc1nc2c(nnn2C[C@H]2CCCN2C(=O)C2(c3ccccc3)CCCCC2)c(=O)[nH]1. The lowest BCUT2D eigenvalue weighted by Crippen LogP contribution is -2.50. The van der Waals surface area contributed by atoms with Gasteiger partial charge >= 0.3 is 0 Å². The summed E-state index contributed by atoms with van der Waals surface area (Å²) in [6.07, 6.45) is 7.05. The molecule has 1 aliphatic heterocycles. The van der Waals surface area contributed by atoms with Crippen LogP contribution in [0.3, 0.4) is 0 Å². The normalized spacial score (nSPS) is 20.9. The summed E-state index contributed by atoms with van der Waals surface area (Å²) in [4.78, 5) is 35.4. The molecule has 1 saturated heterocycles. The topological polar surface area (TPSA) is 96.8 Å². The predicted molar refractivity (Wildman–Crippen MR) is 117 cm³/mol.